The standard InChI is InChI=1S/C13H25N2O.C3H5O2.Y/c1-6-13(7-9-14(4)10-8-13)12(16)15(5)11(2)3;1-2-5-3-4;/h6-10H2,1-5H3;2H2,1H3;/q2*-1;. The van der Waals surface area contributed by atoms with Crippen LogP contribution in [0.4, 0.5) is 0 Å². The molecule has 5 nitrogen and oxygen atoms in total. The minimum absolute atomic E-state index is 0. The average Bonchev–Trinajstić information content (AvgIpc) is 2.48. The molecule has 1 saturated heterocycles. The summed E-state index contributed by atoms with van der Waals surface area (Å²) < 4.78 is 4.03. The van der Waals surface area contributed by atoms with E-state index in [0.717, 1.165) is 38.4 Å². The molecule has 22 heavy (non-hydrogen) atoms. The third kappa shape index (κ3) is 7.52. The molecule has 1 heterocycles. The minimum Gasteiger partial charge on any atom is -0.653 e. The monoisotopic (exact) mass is 387 g/mol. The van der Waals surface area contributed by atoms with Crippen LogP contribution in [0.1, 0.15) is 47.0 Å². The normalized spacial score (nSPS) is 16.9. The molecule has 0 unspecified atom stereocenters. The van der Waals surface area contributed by atoms with Gasteiger partial charge in [0.2, 0.25) is 0 Å². The van der Waals surface area contributed by atoms with E-state index in [2.05, 4.69) is 23.6 Å². The van der Waals surface area contributed by atoms with Gasteiger partial charge < -0.3 is 19.3 Å². The zero-order valence-corrected chi connectivity index (χ0v) is 17.8. The number of carbonyl (C=O) groups is 1. The van der Waals surface area contributed by atoms with E-state index in [1.165, 1.54) is 6.47 Å². The van der Waals surface area contributed by atoms with Gasteiger partial charge in [0.05, 0.1) is 0 Å². The van der Waals surface area contributed by atoms with Gasteiger partial charge in [0, 0.05) is 44.7 Å². The molecule has 0 aliphatic carbocycles. The first kappa shape index (κ1) is 24.3. The van der Waals surface area contributed by atoms with Gasteiger partial charge in [0.25, 0.3) is 0 Å². The predicted molar refractivity (Wildman–Crippen MR) is 84.1 cm³/mol. The van der Waals surface area contributed by atoms with Crippen LogP contribution in [-0.2, 0) is 47.0 Å². The third-order valence-corrected chi connectivity index (χ3v) is 4.25. The molecular formula is C16H30N2O3Y-2. The summed E-state index contributed by atoms with van der Waals surface area (Å²) in [6.07, 6.45) is 2.95. The van der Waals surface area contributed by atoms with Crippen LogP contribution in [0.5, 0.6) is 0 Å². The zero-order chi connectivity index (χ0) is 16.5. The van der Waals surface area contributed by atoms with E-state index in [0.29, 0.717) is 12.5 Å². The summed E-state index contributed by atoms with van der Waals surface area (Å²) in [6.45, 7) is 11.6. The van der Waals surface area contributed by atoms with E-state index < -0.39 is 0 Å². The first-order valence-electron chi connectivity index (χ1n) is 7.60. The van der Waals surface area contributed by atoms with Crippen molar-refractivity contribution in [2.75, 3.05) is 33.8 Å². The molecule has 0 aromatic rings. The van der Waals surface area contributed by atoms with Crippen molar-refractivity contribution in [1.82, 2.24) is 9.80 Å². The van der Waals surface area contributed by atoms with Gasteiger partial charge >= 0.3 is 0 Å². The molecule has 1 amide bonds. The summed E-state index contributed by atoms with van der Waals surface area (Å²) in [6, 6.07) is 1.08. The Kier molecular flexibility index (Phi) is 13.7. The van der Waals surface area contributed by atoms with E-state index in [1.807, 2.05) is 25.8 Å². The Morgan fingerprint density at radius 3 is 2.09 bits per heavy atom. The molecule has 1 rings (SSSR count). The molecular weight excluding hydrogens is 357 g/mol. The fourth-order valence-electron chi connectivity index (χ4n) is 2.38. The summed E-state index contributed by atoms with van der Waals surface area (Å²) in [5, 5.41) is 0. The molecule has 0 atom stereocenters. The molecule has 6 heteroatoms. The summed E-state index contributed by atoms with van der Waals surface area (Å²) >= 11 is 0. The Bertz CT molecular complexity index is 317. The van der Waals surface area contributed by atoms with Crippen molar-refractivity contribution in [3.05, 3.63) is 6.04 Å². The van der Waals surface area contributed by atoms with Gasteiger partial charge in [0.15, 0.2) is 5.91 Å². The summed E-state index contributed by atoms with van der Waals surface area (Å²) in [5.74, 6) is 0.308. The van der Waals surface area contributed by atoms with Gasteiger partial charge in [-0.1, -0.05) is 13.4 Å². The molecule has 1 radical (unpaired) electrons. The number of carbonyl (C=O) groups excluding carboxylic acids is 2. The number of nitrogens with zero attached hydrogens (tertiary/aromatic N) is 2. The van der Waals surface area contributed by atoms with Crippen molar-refractivity contribution in [3.63, 3.8) is 0 Å². The Labute approximate surface area is 161 Å². The van der Waals surface area contributed by atoms with Crippen molar-refractivity contribution in [3.8, 4) is 0 Å². The maximum atomic E-state index is 12.5. The minimum atomic E-state index is -0.113. The van der Waals surface area contributed by atoms with Crippen LogP contribution in [0.2, 0.25) is 0 Å². The number of ether oxygens (including phenoxy) is 1. The number of likely N-dealkylation sites (tertiary alicyclic amines) is 1. The fourth-order valence-corrected chi connectivity index (χ4v) is 2.38. The Balaban J connectivity index is 0. The molecule has 0 N–H and O–H groups in total. The van der Waals surface area contributed by atoms with E-state index >= 15 is 0 Å². The largest absolute Gasteiger partial charge is 0.653 e. The van der Waals surface area contributed by atoms with Crippen LogP contribution >= 0.6 is 0 Å². The maximum Gasteiger partial charge on any atom is 0.199 e. The first-order chi connectivity index (χ1) is 9.84. The molecule has 0 bridgehead atoms. The van der Waals surface area contributed by atoms with Crippen LogP contribution in [0.3, 0.4) is 0 Å². The number of hydrogen-bond acceptors (Lipinski definition) is 4. The van der Waals surface area contributed by atoms with Gasteiger partial charge in [-0.3, -0.25) is 4.79 Å². The van der Waals surface area contributed by atoms with Crippen LogP contribution in [0, 0.1) is 11.5 Å². The number of piperidine rings is 1. The van der Waals surface area contributed by atoms with Gasteiger partial charge in [-0.05, 0) is 53.4 Å². The summed E-state index contributed by atoms with van der Waals surface area (Å²) in [5.41, 5.74) is -0.113. The van der Waals surface area contributed by atoms with E-state index in [9.17, 15) is 4.79 Å². The first-order valence-corrected chi connectivity index (χ1v) is 7.60. The average molecular weight is 387 g/mol. The molecule has 127 valence electrons. The van der Waals surface area contributed by atoms with Crippen molar-refractivity contribution < 1.29 is 47.0 Å². The molecule has 0 aromatic carbocycles. The second-order valence-electron chi connectivity index (χ2n) is 5.76. The second kappa shape index (κ2) is 12.4. The molecule has 1 aliphatic rings. The Morgan fingerprint density at radius 2 is 1.82 bits per heavy atom. The fraction of sp³-hybridized carbons (Fsp3) is 0.812. The van der Waals surface area contributed by atoms with Gasteiger partial charge in [-0.15, -0.1) is 0 Å². The van der Waals surface area contributed by atoms with E-state index in [4.69, 9.17) is 4.79 Å². The number of amides is 1. The zero-order valence-electron chi connectivity index (χ0n) is 14.9. The summed E-state index contributed by atoms with van der Waals surface area (Å²) in [7, 11) is 4.03. The predicted octanol–water partition coefficient (Wildman–Crippen LogP) is 2.23. The van der Waals surface area contributed by atoms with Gasteiger partial charge in [-0.25, -0.2) is 6.04 Å². The summed E-state index contributed by atoms with van der Waals surface area (Å²) in [4.78, 5) is 25.7. The van der Waals surface area contributed by atoms with Gasteiger partial charge in [0.1, 0.15) is 0 Å². The SMILES string of the molecule is CCC1(C(=O)N(C)[C-](C)C)CCN(C)CC1.CCO[C-]=O.[Y]. The van der Waals surface area contributed by atoms with Crippen LogP contribution < -0.4 is 0 Å². The van der Waals surface area contributed by atoms with Gasteiger partial charge in [-0.2, -0.15) is 13.8 Å². The number of rotatable bonds is 5. The molecule has 0 saturated carbocycles. The molecule has 1 aliphatic heterocycles. The van der Waals surface area contributed by atoms with Crippen molar-refractivity contribution >= 4 is 12.4 Å². The molecule has 1 fully saturated rings. The maximum absolute atomic E-state index is 12.5. The van der Waals surface area contributed by atoms with E-state index in [1.54, 1.807) is 6.92 Å². The van der Waals surface area contributed by atoms with Crippen LogP contribution in [-0.4, -0.2) is 56.0 Å². The quantitative estimate of drug-likeness (QED) is 0.679. The third-order valence-electron chi connectivity index (χ3n) is 4.25. The Morgan fingerprint density at radius 1 is 1.32 bits per heavy atom. The van der Waals surface area contributed by atoms with Crippen LogP contribution in [0.25, 0.3) is 0 Å². The molecule has 0 aromatic heterocycles. The van der Waals surface area contributed by atoms with Crippen molar-refractivity contribution in [2.45, 2.75) is 47.0 Å². The Hall–Kier alpha value is 0.00390. The topological polar surface area (TPSA) is 49.9 Å². The van der Waals surface area contributed by atoms with Crippen molar-refractivity contribution in [1.29, 1.82) is 0 Å². The smallest absolute Gasteiger partial charge is 0.199 e. The number of hydrogen-bond donors (Lipinski definition) is 0. The molecule has 0 spiro atoms. The van der Waals surface area contributed by atoms with Crippen LogP contribution in [0.15, 0.2) is 0 Å². The van der Waals surface area contributed by atoms with Crippen molar-refractivity contribution in [2.24, 2.45) is 5.41 Å². The van der Waals surface area contributed by atoms with E-state index in [-0.39, 0.29) is 38.1 Å². The second-order valence-corrected chi connectivity index (χ2v) is 5.76.